The summed E-state index contributed by atoms with van der Waals surface area (Å²) in [4.78, 5) is 28.2. The smallest absolute Gasteiger partial charge is 0.300 e. The van der Waals surface area contributed by atoms with Gasteiger partial charge in [0.15, 0.2) is 0 Å². The molecule has 1 saturated heterocycles. The van der Waals surface area contributed by atoms with E-state index in [1.165, 1.54) is 4.90 Å². The second kappa shape index (κ2) is 9.29. The molecule has 2 aliphatic rings. The van der Waals surface area contributed by atoms with Crippen LogP contribution in [-0.2, 0) is 16.0 Å². The number of anilines is 1. The van der Waals surface area contributed by atoms with E-state index in [0.29, 0.717) is 35.8 Å². The zero-order valence-electron chi connectivity index (χ0n) is 19.8. The molecule has 0 saturated carbocycles. The molecular formula is C29H27NO5. The van der Waals surface area contributed by atoms with Crippen LogP contribution in [0.25, 0.3) is 5.76 Å². The highest BCUT2D eigenvalue weighted by atomic mass is 16.5. The van der Waals surface area contributed by atoms with Crippen molar-refractivity contribution in [2.45, 2.75) is 32.7 Å². The van der Waals surface area contributed by atoms with Gasteiger partial charge >= 0.3 is 0 Å². The number of amides is 1. The summed E-state index contributed by atoms with van der Waals surface area (Å²) in [7, 11) is 0. The number of ether oxygens (including phenoxy) is 2. The number of benzene rings is 3. The van der Waals surface area contributed by atoms with Crippen LogP contribution >= 0.6 is 0 Å². The SMILES string of the molecule is CCOc1ccc(C2/C(=C(/O)c3ccc4c(c3)CCCO4)C(=O)C(=O)N2c2cccc(C)c2)cc1. The molecule has 3 aromatic carbocycles. The largest absolute Gasteiger partial charge is 0.507 e. The van der Waals surface area contributed by atoms with Gasteiger partial charge in [-0.1, -0.05) is 24.3 Å². The summed E-state index contributed by atoms with van der Waals surface area (Å²) in [6.45, 7) is 5.03. The average Bonchev–Trinajstić information content (AvgIpc) is 3.14. The molecule has 5 rings (SSSR count). The standard InChI is InChI=1S/C29H27NO5/c1-3-34-23-12-9-19(10-13-23)26-25(27(31)21-11-14-24-20(17-21)7-5-15-35-24)28(32)29(33)30(26)22-8-4-6-18(2)16-22/h4,6,8-14,16-17,26,31H,3,5,7,15H2,1-2H3/b27-25-. The predicted molar refractivity (Wildman–Crippen MR) is 134 cm³/mol. The fraction of sp³-hybridized carbons (Fsp3) is 0.241. The molecule has 1 atom stereocenters. The zero-order valence-corrected chi connectivity index (χ0v) is 19.8. The quantitative estimate of drug-likeness (QED) is 0.310. The number of Topliss-reactive ketones (excluding diaryl/α,β-unsaturated/α-hetero) is 1. The van der Waals surface area contributed by atoms with E-state index >= 15 is 0 Å². The number of nitrogens with zero attached hydrogens (tertiary/aromatic N) is 1. The van der Waals surface area contributed by atoms with Crippen molar-refractivity contribution in [3.63, 3.8) is 0 Å². The number of carbonyl (C=O) groups is 2. The van der Waals surface area contributed by atoms with Gasteiger partial charge in [0.05, 0.1) is 24.8 Å². The van der Waals surface area contributed by atoms with Crippen molar-refractivity contribution in [2.75, 3.05) is 18.1 Å². The number of ketones is 1. The maximum Gasteiger partial charge on any atom is 0.300 e. The molecule has 6 heteroatoms. The summed E-state index contributed by atoms with van der Waals surface area (Å²) in [5, 5.41) is 11.4. The van der Waals surface area contributed by atoms with Gasteiger partial charge in [-0.05, 0) is 85.8 Å². The number of aliphatic hydroxyl groups is 1. The summed E-state index contributed by atoms with van der Waals surface area (Å²) < 4.78 is 11.3. The first-order valence-electron chi connectivity index (χ1n) is 11.8. The van der Waals surface area contributed by atoms with Crippen molar-refractivity contribution >= 4 is 23.1 Å². The highest BCUT2D eigenvalue weighted by Crippen LogP contribution is 2.43. The van der Waals surface area contributed by atoms with Crippen LogP contribution in [0.4, 0.5) is 5.69 Å². The van der Waals surface area contributed by atoms with Crippen molar-refractivity contribution < 1.29 is 24.2 Å². The predicted octanol–water partition coefficient (Wildman–Crippen LogP) is 5.35. The van der Waals surface area contributed by atoms with Gasteiger partial charge in [-0.3, -0.25) is 14.5 Å². The van der Waals surface area contributed by atoms with Crippen LogP contribution in [-0.4, -0.2) is 30.0 Å². The van der Waals surface area contributed by atoms with Crippen molar-refractivity contribution in [3.05, 3.63) is 94.6 Å². The van der Waals surface area contributed by atoms with Crippen LogP contribution in [0.1, 0.15) is 41.6 Å². The zero-order chi connectivity index (χ0) is 24.5. The third kappa shape index (κ3) is 4.16. The first-order valence-corrected chi connectivity index (χ1v) is 11.8. The average molecular weight is 470 g/mol. The molecule has 1 fully saturated rings. The Bertz CT molecular complexity index is 1330. The third-order valence-corrected chi connectivity index (χ3v) is 6.41. The van der Waals surface area contributed by atoms with Crippen LogP contribution in [0.2, 0.25) is 0 Å². The van der Waals surface area contributed by atoms with Crippen molar-refractivity contribution in [1.29, 1.82) is 0 Å². The Hall–Kier alpha value is -4.06. The maximum atomic E-state index is 13.4. The van der Waals surface area contributed by atoms with Gasteiger partial charge in [-0.2, -0.15) is 0 Å². The van der Waals surface area contributed by atoms with Crippen molar-refractivity contribution in [1.82, 2.24) is 0 Å². The number of aliphatic hydroxyl groups excluding tert-OH is 1. The summed E-state index contributed by atoms with van der Waals surface area (Å²) in [6, 6.07) is 19.3. The number of aryl methyl sites for hydroxylation is 2. The molecule has 0 aromatic heterocycles. The van der Waals surface area contributed by atoms with Crippen LogP contribution in [0.3, 0.4) is 0 Å². The second-order valence-electron chi connectivity index (χ2n) is 8.78. The van der Waals surface area contributed by atoms with Crippen LogP contribution in [0.15, 0.2) is 72.3 Å². The Morgan fingerprint density at radius 1 is 1.09 bits per heavy atom. The first-order chi connectivity index (χ1) is 17.0. The van der Waals surface area contributed by atoms with Gasteiger partial charge in [0, 0.05) is 11.3 Å². The fourth-order valence-corrected chi connectivity index (χ4v) is 4.77. The lowest BCUT2D eigenvalue weighted by molar-refractivity contribution is -0.132. The number of rotatable bonds is 5. The van der Waals surface area contributed by atoms with Crippen LogP contribution in [0.5, 0.6) is 11.5 Å². The topological polar surface area (TPSA) is 76.1 Å². The van der Waals surface area contributed by atoms with Gasteiger partial charge in [-0.25, -0.2) is 0 Å². The van der Waals surface area contributed by atoms with Gasteiger partial charge in [0.2, 0.25) is 0 Å². The molecule has 178 valence electrons. The lowest BCUT2D eigenvalue weighted by atomic mass is 9.93. The number of fused-ring (bicyclic) bond motifs is 1. The van der Waals surface area contributed by atoms with Gasteiger partial charge in [0.25, 0.3) is 11.7 Å². The van der Waals surface area contributed by atoms with Gasteiger partial charge in [0.1, 0.15) is 17.3 Å². The van der Waals surface area contributed by atoms with Crippen LogP contribution in [0, 0.1) is 6.92 Å². The first kappa shape index (κ1) is 22.7. The van der Waals surface area contributed by atoms with E-state index in [2.05, 4.69) is 0 Å². The summed E-state index contributed by atoms with van der Waals surface area (Å²) in [5.74, 6) is -0.0885. The molecule has 0 bridgehead atoms. The molecule has 2 heterocycles. The second-order valence-corrected chi connectivity index (χ2v) is 8.78. The molecule has 3 aromatic rings. The molecule has 1 amide bonds. The Labute approximate surface area is 204 Å². The third-order valence-electron chi connectivity index (χ3n) is 6.41. The van der Waals surface area contributed by atoms with E-state index in [0.717, 1.165) is 29.7 Å². The molecule has 1 N–H and O–H groups in total. The Balaban J connectivity index is 1.67. The molecule has 1 unspecified atom stereocenters. The molecule has 2 aliphatic heterocycles. The maximum absolute atomic E-state index is 13.4. The number of hydrogen-bond acceptors (Lipinski definition) is 5. The minimum atomic E-state index is -0.778. The number of hydrogen-bond donors (Lipinski definition) is 1. The van der Waals surface area contributed by atoms with E-state index in [9.17, 15) is 14.7 Å². The lowest BCUT2D eigenvalue weighted by Gasteiger charge is -2.26. The minimum absolute atomic E-state index is 0.0670. The lowest BCUT2D eigenvalue weighted by Crippen LogP contribution is -2.29. The van der Waals surface area contributed by atoms with Crippen LogP contribution < -0.4 is 14.4 Å². The summed E-state index contributed by atoms with van der Waals surface area (Å²) >= 11 is 0. The monoisotopic (exact) mass is 469 g/mol. The number of carbonyl (C=O) groups excluding carboxylic acids is 2. The highest BCUT2D eigenvalue weighted by Gasteiger charge is 2.47. The van der Waals surface area contributed by atoms with E-state index in [1.54, 1.807) is 12.1 Å². The molecule has 0 radical (unpaired) electrons. The normalized spacial score (nSPS) is 18.8. The Kier molecular flexibility index (Phi) is 6.03. The van der Waals surface area contributed by atoms with E-state index in [4.69, 9.17) is 9.47 Å². The summed E-state index contributed by atoms with van der Waals surface area (Å²) in [6.07, 6.45) is 1.72. The van der Waals surface area contributed by atoms with Crippen molar-refractivity contribution in [3.8, 4) is 11.5 Å². The minimum Gasteiger partial charge on any atom is -0.507 e. The Morgan fingerprint density at radius 3 is 2.63 bits per heavy atom. The highest BCUT2D eigenvalue weighted by molar-refractivity contribution is 6.51. The van der Waals surface area contributed by atoms with E-state index in [1.807, 2.05) is 68.4 Å². The molecular weight excluding hydrogens is 442 g/mol. The van der Waals surface area contributed by atoms with Crippen molar-refractivity contribution in [2.24, 2.45) is 0 Å². The van der Waals surface area contributed by atoms with E-state index < -0.39 is 17.7 Å². The van der Waals surface area contributed by atoms with Gasteiger partial charge in [-0.15, -0.1) is 0 Å². The van der Waals surface area contributed by atoms with E-state index in [-0.39, 0.29) is 11.3 Å². The molecule has 0 aliphatic carbocycles. The molecule has 0 spiro atoms. The fourth-order valence-electron chi connectivity index (χ4n) is 4.77. The molecule has 35 heavy (non-hydrogen) atoms. The Morgan fingerprint density at radius 2 is 1.89 bits per heavy atom. The molecule has 6 nitrogen and oxygen atoms in total. The van der Waals surface area contributed by atoms with Gasteiger partial charge < -0.3 is 14.6 Å². The summed E-state index contributed by atoms with van der Waals surface area (Å²) in [5.41, 5.74) is 3.81.